The monoisotopic (exact) mass is 432 g/mol. The van der Waals surface area contributed by atoms with Gasteiger partial charge in [-0.05, 0) is 55.7 Å². The lowest BCUT2D eigenvalue weighted by molar-refractivity contribution is -0.120. The molecule has 30 heavy (non-hydrogen) atoms. The number of carbonyl (C=O) groups is 1. The van der Waals surface area contributed by atoms with Crippen molar-refractivity contribution < 1.29 is 22.7 Å². The molecule has 0 atom stereocenters. The standard InChI is InChI=1S/C22H28N2O5S/c1-17-16-20(8-9-21(17)29-15-14-28-2)30(26,27)24-12-10-18(11-13-24)22(25)23-19-6-4-3-5-7-19/h3-9,16,18H,10-15H2,1-2H3,(H,23,25). The number of hydrogen-bond donors (Lipinski definition) is 1. The maximum atomic E-state index is 13.0. The molecular formula is C22H28N2O5S. The molecule has 1 aliphatic rings. The number of amides is 1. The lowest BCUT2D eigenvalue weighted by Gasteiger charge is -2.30. The normalized spacial score (nSPS) is 15.7. The first-order valence-corrected chi connectivity index (χ1v) is 11.4. The van der Waals surface area contributed by atoms with E-state index in [-0.39, 0.29) is 16.7 Å². The van der Waals surface area contributed by atoms with E-state index in [2.05, 4.69) is 5.32 Å². The fourth-order valence-corrected chi connectivity index (χ4v) is 5.01. The van der Waals surface area contributed by atoms with E-state index in [1.54, 1.807) is 25.3 Å². The predicted octanol–water partition coefficient (Wildman–Crippen LogP) is 3.06. The van der Waals surface area contributed by atoms with E-state index >= 15 is 0 Å². The molecule has 0 bridgehead atoms. The lowest BCUT2D eigenvalue weighted by atomic mass is 9.97. The van der Waals surface area contributed by atoms with E-state index in [9.17, 15) is 13.2 Å². The highest BCUT2D eigenvalue weighted by Gasteiger charge is 2.32. The molecule has 162 valence electrons. The molecule has 2 aromatic carbocycles. The number of carbonyl (C=O) groups excluding carboxylic acids is 1. The van der Waals surface area contributed by atoms with Crippen molar-refractivity contribution in [3.63, 3.8) is 0 Å². The third-order valence-electron chi connectivity index (χ3n) is 5.20. The molecule has 1 fully saturated rings. The molecule has 1 heterocycles. The van der Waals surface area contributed by atoms with Crippen LogP contribution in [0.15, 0.2) is 53.4 Å². The summed E-state index contributed by atoms with van der Waals surface area (Å²) in [6.45, 7) is 3.33. The molecule has 1 saturated heterocycles. The van der Waals surface area contributed by atoms with Crippen LogP contribution >= 0.6 is 0 Å². The van der Waals surface area contributed by atoms with Gasteiger partial charge in [-0.15, -0.1) is 0 Å². The van der Waals surface area contributed by atoms with Gasteiger partial charge in [0.15, 0.2) is 0 Å². The van der Waals surface area contributed by atoms with E-state index in [1.165, 1.54) is 4.31 Å². The number of rotatable bonds is 8. The summed E-state index contributed by atoms with van der Waals surface area (Å²) in [7, 11) is -2.02. The molecule has 2 aromatic rings. The molecule has 0 saturated carbocycles. The highest BCUT2D eigenvalue weighted by atomic mass is 32.2. The zero-order valence-electron chi connectivity index (χ0n) is 17.3. The fraction of sp³-hybridized carbons (Fsp3) is 0.409. The topological polar surface area (TPSA) is 84.9 Å². The van der Waals surface area contributed by atoms with Crippen LogP contribution < -0.4 is 10.1 Å². The Balaban J connectivity index is 1.60. The highest BCUT2D eigenvalue weighted by Crippen LogP contribution is 2.28. The molecule has 1 aliphatic heterocycles. The van der Waals surface area contributed by atoms with Crippen molar-refractivity contribution in [1.82, 2.24) is 4.31 Å². The van der Waals surface area contributed by atoms with Crippen LogP contribution in [0.3, 0.4) is 0 Å². The number of nitrogens with zero attached hydrogens (tertiary/aromatic N) is 1. The van der Waals surface area contributed by atoms with E-state index in [1.807, 2.05) is 37.3 Å². The van der Waals surface area contributed by atoms with Gasteiger partial charge in [0, 0.05) is 31.8 Å². The zero-order chi connectivity index (χ0) is 21.6. The van der Waals surface area contributed by atoms with Crippen LogP contribution in [0.25, 0.3) is 0 Å². The van der Waals surface area contributed by atoms with Gasteiger partial charge in [0.25, 0.3) is 0 Å². The van der Waals surface area contributed by atoms with Gasteiger partial charge in [-0.3, -0.25) is 4.79 Å². The third kappa shape index (κ3) is 5.38. The van der Waals surface area contributed by atoms with Crippen molar-refractivity contribution in [2.75, 3.05) is 38.7 Å². The van der Waals surface area contributed by atoms with Gasteiger partial charge in [0.2, 0.25) is 15.9 Å². The molecule has 0 spiro atoms. The molecular weight excluding hydrogens is 404 g/mol. The quantitative estimate of drug-likeness (QED) is 0.648. The number of nitrogens with one attached hydrogen (secondary N) is 1. The average molecular weight is 433 g/mol. The van der Waals surface area contributed by atoms with E-state index < -0.39 is 10.0 Å². The lowest BCUT2D eigenvalue weighted by Crippen LogP contribution is -2.41. The summed E-state index contributed by atoms with van der Waals surface area (Å²) >= 11 is 0. The predicted molar refractivity (Wildman–Crippen MR) is 115 cm³/mol. The van der Waals surface area contributed by atoms with Crippen molar-refractivity contribution in [1.29, 1.82) is 0 Å². The maximum absolute atomic E-state index is 13.0. The molecule has 0 radical (unpaired) electrons. The van der Waals surface area contributed by atoms with Gasteiger partial charge in [-0.25, -0.2) is 8.42 Å². The Bertz CT molecular complexity index is 955. The summed E-state index contributed by atoms with van der Waals surface area (Å²) in [4.78, 5) is 12.7. The van der Waals surface area contributed by atoms with Crippen molar-refractivity contribution in [3.05, 3.63) is 54.1 Å². The van der Waals surface area contributed by atoms with Gasteiger partial charge < -0.3 is 14.8 Å². The summed E-state index contributed by atoms with van der Waals surface area (Å²) in [5, 5.41) is 2.90. The average Bonchev–Trinajstić information content (AvgIpc) is 2.75. The number of para-hydroxylation sites is 1. The second-order valence-electron chi connectivity index (χ2n) is 7.30. The third-order valence-corrected chi connectivity index (χ3v) is 7.09. The second kappa shape index (κ2) is 10.1. The van der Waals surface area contributed by atoms with Crippen LogP contribution in [0.4, 0.5) is 5.69 Å². The molecule has 0 aliphatic carbocycles. The molecule has 8 heteroatoms. The number of sulfonamides is 1. The van der Waals surface area contributed by atoms with E-state index in [0.717, 1.165) is 11.3 Å². The SMILES string of the molecule is COCCOc1ccc(S(=O)(=O)N2CCC(C(=O)Nc3ccccc3)CC2)cc1C. The van der Waals surface area contributed by atoms with Gasteiger partial charge >= 0.3 is 0 Å². The van der Waals surface area contributed by atoms with Crippen molar-refractivity contribution >= 4 is 21.6 Å². The maximum Gasteiger partial charge on any atom is 0.243 e. The van der Waals surface area contributed by atoms with Crippen LogP contribution in [0.5, 0.6) is 5.75 Å². The molecule has 1 amide bonds. The first-order chi connectivity index (χ1) is 14.4. The number of hydrogen-bond acceptors (Lipinski definition) is 5. The van der Waals surface area contributed by atoms with Gasteiger partial charge in [0.1, 0.15) is 12.4 Å². The van der Waals surface area contributed by atoms with E-state index in [0.29, 0.717) is 44.9 Å². The number of aryl methyl sites for hydroxylation is 1. The number of benzene rings is 2. The largest absolute Gasteiger partial charge is 0.491 e. The molecule has 0 unspecified atom stereocenters. The minimum Gasteiger partial charge on any atom is -0.491 e. The Morgan fingerprint density at radius 3 is 2.43 bits per heavy atom. The van der Waals surface area contributed by atoms with Gasteiger partial charge in [-0.1, -0.05) is 18.2 Å². The minimum absolute atomic E-state index is 0.0633. The Morgan fingerprint density at radius 2 is 1.80 bits per heavy atom. The number of methoxy groups -OCH3 is 1. The van der Waals surface area contributed by atoms with Crippen LogP contribution in [-0.4, -0.2) is 52.0 Å². The first-order valence-electron chi connectivity index (χ1n) is 10.0. The zero-order valence-corrected chi connectivity index (χ0v) is 18.2. The number of anilines is 1. The Hall–Kier alpha value is -2.42. The first kappa shape index (κ1) is 22.3. The summed E-state index contributed by atoms with van der Waals surface area (Å²) in [6, 6.07) is 14.2. The van der Waals surface area contributed by atoms with Crippen molar-refractivity contribution in [2.45, 2.75) is 24.7 Å². The van der Waals surface area contributed by atoms with Crippen LogP contribution in [0.1, 0.15) is 18.4 Å². The fourth-order valence-electron chi connectivity index (χ4n) is 3.45. The molecule has 1 N–H and O–H groups in total. The van der Waals surface area contributed by atoms with Gasteiger partial charge in [-0.2, -0.15) is 4.31 Å². The summed E-state index contributed by atoms with van der Waals surface area (Å²) in [5.41, 5.74) is 1.50. The summed E-state index contributed by atoms with van der Waals surface area (Å²) < 4.78 is 38.1. The van der Waals surface area contributed by atoms with Gasteiger partial charge in [0.05, 0.1) is 11.5 Å². The number of ether oxygens (including phenoxy) is 2. The van der Waals surface area contributed by atoms with Crippen LogP contribution in [-0.2, 0) is 19.6 Å². The smallest absolute Gasteiger partial charge is 0.243 e. The Kier molecular flexibility index (Phi) is 7.47. The summed E-state index contributed by atoms with van der Waals surface area (Å²) in [6.07, 6.45) is 0.990. The second-order valence-corrected chi connectivity index (χ2v) is 9.24. The molecule has 0 aromatic heterocycles. The minimum atomic E-state index is -3.61. The van der Waals surface area contributed by atoms with Crippen LogP contribution in [0, 0.1) is 12.8 Å². The van der Waals surface area contributed by atoms with Crippen LogP contribution in [0.2, 0.25) is 0 Å². The Morgan fingerprint density at radius 1 is 1.10 bits per heavy atom. The number of piperidine rings is 1. The highest BCUT2D eigenvalue weighted by molar-refractivity contribution is 7.89. The van der Waals surface area contributed by atoms with Crippen molar-refractivity contribution in [2.24, 2.45) is 5.92 Å². The van der Waals surface area contributed by atoms with Crippen molar-refractivity contribution in [3.8, 4) is 5.75 Å². The molecule has 7 nitrogen and oxygen atoms in total. The summed E-state index contributed by atoms with van der Waals surface area (Å²) in [5.74, 6) is 0.379. The Labute approximate surface area is 178 Å². The van der Waals surface area contributed by atoms with E-state index in [4.69, 9.17) is 9.47 Å². The molecule has 3 rings (SSSR count).